The van der Waals surface area contributed by atoms with Crippen LogP contribution in [-0.2, 0) is 18.4 Å². The molecule has 3 aromatic rings. The van der Waals surface area contributed by atoms with Gasteiger partial charge in [-0.15, -0.1) is 0 Å². The number of amides is 2. The van der Waals surface area contributed by atoms with Gasteiger partial charge >= 0.3 is 0 Å². The van der Waals surface area contributed by atoms with E-state index in [1.807, 2.05) is 42.1 Å². The molecule has 1 aliphatic rings. The van der Waals surface area contributed by atoms with E-state index in [1.54, 1.807) is 6.08 Å². The number of fused-ring (bicyclic) bond motifs is 1. The highest BCUT2D eigenvalue weighted by atomic mass is 35.5. The van der Waals surface area contributed by atoms with Crippen molar-refractivity contribution in [2.75, 3.05) is 0 Å². The number of hydrogen-bond donors (Lipinski definition) is 0. The summed E-state index contributed by atoms with van der Waals surface area (Å²) >= 11 is 6.87. The van der Waals surface area contributed by atoms with Crippen molar-refractivity contribution < 1.29 is 14.0 Å². The van der Waals surface area contributed by atoms with E-state index in [4.69, 9.17) is 11.6 Å². The Bertz CT molecular complexity index is 1100. The van der Waals surface area contributed by atoms with Crippen LogP contribution >= 0.6 is 23.4 Å². The Balaban J connectivity index is 1.67. The molecular formula is C20H14ClFN2O2S. The van der Waals surface area contributed by atoms with Crippen LogP contribution in [0.4, 0.5) is 9.18 Å². The first kappa shape index (κ1) is 17.8. The van der Waals surface area contributed by atoms with Crippen LogP contribution < -0.4 is 0 Å². The Labute approximate surface area is 164 Å². The number of aromatic nitrogens is 1. The van der Waals surface area contributed by atoms with Crippen molar-refractivity contribution in [2.45, 2.75) is 6.54 Å². The van der Waals surface area contributed by atoms with E-state index in [9.17, 15) is 14.0 Å². The van der Waals surface area contributed by atoms with Gasteiger partial charge < -0.3 is 4.57 Å². The monoisotopic (exact) mass is 400 g/mol. The number of hydrogen-bond acceptors (Lipinski definition) is 3. The molecule has 0 aliphatic carbocycles. The highest BCUT2D eigenvalue weighted by Crippen LogP contribution is 2.35. The number of para-hydroxylation sites is 1. The van der Waals surface area contributed by atoms with Crippen LogP contribution in [0.25, 0.3) is 17.0 Å². The number of thioether (sulfide) groups is 1. The van der Waals surface area contributed by atoms with E-state index in [-0.39, 0.29) is 17.1 Å². The summed E-state index contributed by atoms with van der Waals surface area (Å²) in [5.74, 6) is -0.989. The average Bonchev–Trinajstić information content (AvgIpc) is 3.09. The van der Waals surface area contributed by atoms with Gasteiger partial charge in [-0.25, -0.2) is 4.39 Å². The molecule has 136 valence electrons. The van der Waals surface area contributed by atoms with Crippen LogP contribution in [0, 0.1) is 5.82 Å². The van der Waals surface area contributed by atoms with E-state index < -0.39 is 17.0 Å². The minimum atomic E-state index is -0.542. The Hall–Kier alpha value is -2.57. The molecule has 1 aliphatic heterocycles. The van der Waals surface area contributed by atoms with E-state index in [0.717, 1.165) is 33.1 Å². The van der Waals surface area contributed by atoms with Crippen molar-refractivity contribution in [1.29, 1.82) is 0 Å². The maximum Gasteiger partial charge on any atom is 0.293 e. The van der Waals surface area contributed by atoms with Crippen molar-refractivity contribution in [3.05, 3.63) is 75.5 Å². The van der Waals surface area contributed by atoms with Crippen LogP contribution in [-0.4, -0.2) is 20.6 Å². The van der Waals surface area contributed by atoms with Gasteiger partial charge in [-0.05, 0) is 36.0 Å². The van der Waals surface area contributed by atoms with Crippen LogP contribution in [0.3, 0.4) is 0 Å². The Morgan fingerprint density at radius 3 is 2.70 bits per heavy atom. The van der Waals surface area contributed by atoms with Gasteiger partial charge in [-0.3, -0.25) is 14.5 Å². The fourth-order valence-electron chi connectivity index (χ4n) is 3.11. The maximum atomic E-state index is 14.0. The first-order valence-corrected chi connectivity index (χ1v) is 9.37. The van der Waals surface area contributed by atoms with E-state index >= 15 is 0 Å². The molecule has 27 heavy (non-hydrogen) atoms. The predicted octanol–water partition coefficient (Wildman–Crippen LogP) is 5.21. The summed E-state index contributed by atoms with van der Waals surface area (Å²) < 4.78 is 16.0. The molecule has 0 atom stereocenters. The van der Waals surface area contributed by atoms with Crippen LogP contribution in [0.15, 0.2) is 53.6 Å². The van der Waals surface area contributed by atoms with Gasteiger partial charge in [0.1, 0.15) is 5.82 Å². The van der Waals surface area contributed by atoms with Gasteiger partial charge in [0.15, 0.2) is 0 Å². The molecule has 2 amide bonds. The second-order valence-electron chi connectivity index (χ2n) is 6.18. The fourth-order valence-corrected chi connectivity index (χ4v) is 4.16. The number of halogens is 2. The average molecular weight is 401 g/mol. The summed E-state index contributed by atoms with van der Waals surface area (Å²) in [4.78, 5) is 26.4. The third kappa shape index (κ3) is 3.15. The quantitative estimate of drug-likeness (QED) is 0.567. The molecule has 1 saturated heterocycles. The van der Waals surface area contributed by atoms with Gasteiger partial charge in [-0.2, -0.15) is 0 Å². The summed E-state index contributed by atoms with van der Waals surface area (Å²) in [5.41, 5.74) is 2.01. The predicted molar refractivity (Wildman–Crippen MR) is 106 cm³/mol. The zero-order valence-electron chi connectivity index (χ0n) is 14.3. The van der Waals surface area contributed by atoms with Gasteiger partial charge in [-0.1, -0.05) is 35.9 Å². The first-order valence-electron chi connectivity index (χ1n) is 8.18. The largest absolute Gasteiger partial charge is 0.350 e. The molecule has 0 bridgehead atoms. The number of carbonyl (C=O) groups is 2. The van der Waals surface area contributed by atoms with Gasteiger partial charge in [0.2, 0.25) is 0 Å². The van der Waals surface area contributed by atoms with Gasteiger partial charge in [0.05, 0.1) is 11.4 Å². The number of benzene rings is 2. The standard InChI is InChI=1S/C20H14ClFN2O2S/c1-23-10-12(13-5-2-3-8-17(13)23)9-18-19(25)24(20(26)27-18)11-14-15(21)6-4-7-16(14)22/h2-10H,11H2,1H3/b18-9+. The number of carbonyl (C=O) groups excluding carboxylic acids is 2. The summed E-state index contributed by atoms with van der Waals surface area (Å²) in [6.07, 6.45) is 3.61. The first-order chi connectivity index (χ1) is 13.0. The topological polar surface area (TPSA) is 42.3 Å². The van der Waals surface area contributed by atoms with Crippen molar-refractivity contribution in [3.8, 4) is 0 Å². The molecule has 2 aromatic carbocycles. The third-order valence-electron chi connectivity index (χ3n) is 4.47. The van der Waals surface area contributed by atoms with Crippen LogP contribution in [0.5, 0.6) is 0 Å². The molecule has 0 spiro atoms. The van der Waals surface area contributed by atoms with Gasteiger partial charge in [0, 0.05) is 40.3 Å². The van der Waals surface area contributed by atoms with E-state index in [0.29, 0.717) is 4.91 Å². The highest BCUT2D eigenvalue weighted by Gasteiger charge is 2.36. The fraction of sp³-hybridized carbons (Fsp3) is 0.100. The molecule has 1 aromatic heterocycles. The van der Waals surface area contributed by atoms with Crippen molar-refractivity contribution >= 4 is 51.5 Å². The number of imide groups is 1. The molecule has 0 radical (unpaired) electrons. The lowest BCUT2D eigenvalue weighted by molar-refractivity contribution is -0.123. The van der Waals surface area contributed by atoms with Crippen molar-refractivity contribution in [2.24, 2.45) is 7.05 Å². The van der Waals surface area contributed by atoms with Crippen molar-refractivity contribution in [3.63, 3.8) is 0 Å². The molecule has 4 nitrogen and oxygen atoms in total. The summed E-state index contributed by atoms with van der Waals surface area (Å²) in [5, 5.41) is 0.738. The lowest BCUT2D eigenvalue weighted by Crippen LogP contribution is -2.28. The zero-order valence-corrected chi connectivity index (χ0v) is 15.9. The second-order valence-corrected chi connectivity index (χ2v) is 7.58. The Morgan fingerprint density at radius 2 is 1.93 bits per heavy atom. The van der Waals surface area contributed by atoms with E-state index in [1.165, 1.54) is 18.2 Å². The number of aryl methyl sites for hydroxylation is 1. The third-order valence-corrected chi connectivity index (χ3v) is 5.73. The molecule has 2 heterocycles. The van der Waals surface area contributed by atoms with Gasteiger partial charge in [0.25, 0.3) is 11.1 Å². The zero-order chi connectivity index (χ0) is 19.1. The molecular weight excluding hydrogens is 387 g/mol. The Kier molecular flexibility index (Phi) is 4.53. The van der Waals surface area contributed by atoms with Crippen LogP contribution in [0.2, 0.25) is 5.02 Å². The highest BCUT2D eigenvalue weighted by molar-refractivity contribution is 8.18. The lowest BCUT2D eigenvalue weighted by atomic mass is 10.1. The Morgan fingerprint density at radius 1 is 1.15 bits per heavy atom. The number of nitrogens with zero attached hydrogens (tertiary/aromatic N) is 2. The molecule has 0 saturated carbocycles. The normalized spacial score (nSPS) is 16.1. The SMILES string of the molecule is Cn1cc(/C=C2/SC(=O)N(Cc3c(F)cccc3Cl)C2=O)c2ccccc21. The minimum Gasteiger partial charge on any atom is -0.350 e. The lowest BCUT2D eigenvalue weighted by Gasteiger charge is -2.14. The molecule has 7 heteroatoms. The summed E-state index contributed by atoms with van der Waals surface area (Å²) in [6.45, 7) is -0.191. The van der Waals surface area contributed by atoms with E-state index in [2.05, 4.69) is 0 Å². The summed E-state index contributed by atoms with van der Waals surface area (Å²) in [7, 11) is 1.92. The molecule has 1 fully saturated rings. The summed E-state index contributed by atoms with van der Waals surface area (Å²) in [6, 6.07) is 12.1. The van der Waals surface area contributed by atoms with Crippen LogP contribution in [0.1, 0.15) is 11.1 Å². The maximum absolute atomic E-state index is 14.0. The smallest absolute Gasteiger partial charge is 0.293 e. The second kappa shape index (κ2) is 6.87. The number of rotatable bonds is 3. The molecule has 4 rings (SSSR count). The molecule has 0 N–H and O–H groups in total. The van der Waals surface area contributed by atoms with Crippen molar-refractivity contribution in [1.82, 2.24) is 9.47 Å². The molecule has 0 unspecified atom stereocenters. The minimum absolute atomic E-state index is 0.132.